The van der Waals surface area contributed by atoms with E-state index in [4.69, 9.17) is 10.00 Å². The van der Waals surface area contributed by atoms with Crippen molar-refractivity contribution >= 4 is 5.78 Å². The lowest BCUT2D eigenvalue weighted by molar-refractivity contribution is -0.283. The summed E-state index contributed by atoms with van der Waals surface area (Å²) in [6.45, 7) is 0. The first kappa shape index (κ1) is 17.4. The molecule has 138 valence electrons. The fourth-order valence-electron chi connectivity index (χ4n) is 3.56. The maximum atomic E-state index is 14.2. The molecule has 2 aromatic rings. The molecular formula is C18H8F5NO3. The number of nitriles is 1. The quantitative estimate of drug-likeness (QED) is 0.799. The third-order valence-corrected chi connectivity index (χ3v) is 4.76. The highest BCUT2D eigenvalue weighted by Gasteiger charge is 2.79. The Balaban J connectivity index is 1.90. The fourth-order valence-corrected chi connectivity index (χ4v) is 3.56. The summed E-state index contributed by atoms with van der Waals surface area (Å²) in [6.07, 6.45) is -1.23. The first-order valence-electron chi connectivity index (χ1n) is 7.60. The van der Waals surface area contributed by atoms with Gasteiger partial charge in [-0.2, -0.15) is 22.8 Å². The number of carbonyl (C=O) groups is 1. The Hall–Kier alpha value is -2.99. The van der Waals surface area contributed by atoms with E-state index in [0.717, 1.165) is 24.3 Å². The molecule has 2 aromatic carbocycles. The van der Waals surface area contributed by atoms with Crippen LogP contribution in [0.15, 0.2) is 30.3 Å². The molecule has 1 atom stereocenters. The topological polar surface area (TPSA) is 70.3 Å². The van der Waals surface area contributed by atoms with Gasteiger partial charge in [-0.25, -0.2) is 4.39 Å². The Morgan fingerprint density at radius 1 is 1.15 bits per heavy atom. The predicted molar refractivity (Wildman–Crippen MR) is 79.3 cm³/mol. The van der Waals surface area contributed by atoms with Gasteiger partial charge in [0.15, 0.2) is 11.4 Å². The van der Waals surface area contributed by atoms with Gasteiger partial charge >= 0.3 is 11.8 Å². The number of aliphatic hydroxyl groups is 1. The minimum absolute atomic E-state index is 0.108. The highest BCUT2D eigenvalue weighted by Crippen LogP contribution is 2.65. The first-order chi connectivity index (χ1) is 12.5. The van der Waals surface area contributed by atoms with Crippen molar-refractivity contribution in [1.29, 1.82) is 5.26 Å². The minimum atomic E-state index is -4.88. The highest BCUT2D eigenvalue weighted by molar-refractivity contribution is 6.05. The SMILES string of the molecule is N#Cc1cc(F)cc(Oc2ccc3c4c2C(=O)CC4(O)C(F)(F)C3(F)F)c1. The van der Waals surface area contributed by atoms with E-state index in [9.17, 15) is 31.9 Å². The second-order valence-corrected chi connectivity index (χ2v) is 6.36. The van der Waals surface area contributed by atoms with Gasteiger partial charge in [-0.1, -0.05) is 0 Å². The first-order valence-corrected chi connectivity index (χ1v) is 7.60. The molecular weight excluding hydrogens is 373 g/mol. The molecule has 27 heavy (non-hydrogen) atoms. The van der Waals surface area contributed by atoms with Crippen molar-refractivity contribution in [3.63, 3.8) is 0 Å². The number of benzene rings is 2. The Bertz CT molecular complexity index is 1060. The van der Waals surface area contributed by atoms with E-state index < -0.39 is 57.9 Å². The molecule has 4 nitrogen and oxygen atoms in total. The zero-order valence-electron chi connectivity index (χ0n) is 13.2. The molecule has 1 unspecified atom stereocenters. The zero-order chi connectivity index (χ0) is 19.8. The Morgan fingerprint density at radius 3 is 2.52 bits per heavy atom. The van der Waals surface area contributed by atoms with Crippen LogP contribution in [0.3, 0.4) is 0 Å². The molecule has 0 heterocycles. The van der Waals surface area contributed by atoms with Crippen molar-refractivity contribution in [1.82, 2.24) is 0 Å². The van der Waals surface area contributed by atoms with Crippen molar-refractivity contribution in [2.24, 2.45) is 0 Å². The van der Waals surface area contributed by atoms with Crippen LogP contribution in [0.25, 0.3) is 0 Å². The van der Waals surface area contributed by atoms with Crippen molar-refractivity contribution in [3.05, 3.63) is 58.4 Å². The third kappa shape index (κ3) is 2.01. The molecule has 0 amide bonds. The van der Waals surface area contributed by atoms with Gasteiger partial charge in [-0.05, 0) is 24.3 Å². The van der Waals surface area contributed by atoms with Gasteiger partial charge in [0.05, 0.1) is 23.6 Å². The number of hydrogen-bond acceptors (Lipinski definition) is 4. The summed E-state index contributed by atoms with van der Waals surface area (Å²) < 4.78 is 75.5. The van der Waals surface area contributed by atoms with Crippen LogP contribution in [0.5, 0.6) is 11.5 Å². The summed E-state index contributed by atoms with van der Waals surface area (Å²) in [5.74, 6) is -12.0. The number of hydrogen-bond donors (Lipinski definition) is 1. The van der Waals surface area contributed by atoms with Crippen LogP contribution < -0.4 is 4.74 Å². The Morgan fingerprint density at radius 2 is 1.85 bits per heavy atom. The molecule has 0 bridgehead atoms. The highest BCUT2D eigenvalue weighted by atomic mass is 19.3. The molecule has 0 saturated carbocycles. The monoisotopic (exact) mass is 381 g/mol. The number of Topliss-reactive ketones (excluding diaryl/α,β-unsaturated/α-hetero) is 1. The van der Waals surface area contributed by atoms with E-state index in [1.807, 2.05) is 0 Å². The number of nitrogens with zero attached hydrogens (tertiary/aromatic N) is 1. The van der Waals surface area contributed by atoms with E-state index >= 15 is 0 Å². The summed E-state index contributed by atoms with van der Waals surface area (Å²) in [4.78, 5) is 12.2. The number of rotatable bonds is 2. The smallest absolute Gasteiger partial charge is 0.347 e. The van der Waals surface area contributed by atoms with E-state index in [2.05, 4.69) is 0 Å². The second-order valence-electron chi connectivity index (χ2n) is 6.36. The standard InChI is InChI=1S/C18H8F5NO3/c19-9-3-8(7-24)4-10(5-9)27-13-2-1-11-15-14(13)12(25)6-16(15,26)18(22,23)17(11,20)21/h1-5,26H,6H2. The molecule has 0 saturated heterocycles. The van der Waals surface area contributed by atoms with Gasteiger partial charge < -0.3 is 9.84 Å². The van der Waals surface area contributed by atoms with Crippen molar-refractivity contribution in [2.75, 3.05) is 0 Å². The molecule has 0 radical (unpaired) electrons. The fraction of sp³-hybridized carbons (Fsp3) is 0.222. The summed E-state index contributed by atoms with van der Waals surface area (Å²) in [5.41, 5.74) is -6.09. The average molecular weight is 381 g/mol. The largest absolute Gasteiger partial charge is 0.456 e. The lowest BCUT2D eigenvalue weighted by atomic mass is 9.95. The molecule has 0 spiro atoms. The normalized spacial score (nSPS) is 23.8. The van der Waals surface area contributed by atoms with E-state index in [0.29, 0.717) is 6.07 Å². The molecule has 4 rings (SSSR count). The van der Waals surface area contributed by atoms with E-state index in [-0.39, 0.29) is 11.3 Å². The Labute approximate surface area is 148 Å². The van der Waals surface area contributed by atoms with Crippen LogP contribution in [0.1, 0.15) is 33.5 Å². The molecule has 0 aliphatic heterocycles. The third-order valence-electron chi connectivity index (χ3n) is 4.76. The maximum absolute atomic E-state index is 14.2. The summed E-state index contributed by atoms with van der Waals surface area (Å²) >= 11 is 0. The zero-order valence-corrected chi connectivity index (χ0v) is 13.2. The molecule has 2 aliphatic rings. The maximum Gasteiger partial charge on any atom is 0.347 e. The molecule has 9 heteroatoms. The van der Waals surface area contributed by atoms with Gasteiger partial charge in [-0.3, -0.25) is 4.79 Å². The molecule has 0 fully saturated rings. The molecule has 2 aliphatic carbocycles. The number of ether oxygens (including phenoxy) is 1. The predicted octanol–water partition coefficient (Wildman–Crippen LogP) is 4.00. The van der Waals surface area contributed by atoms with E-state index in [1.165, 1.54) is 0 Å². The average Bonchev–Trinajstić information content (AvgIpc) is 2.92. The van der Waals surface area contributed by atoms with Crippen LogP contribution in [0.4, 0.5) is 22.0 Å². The summed E-state index contributed by atoms with van der Waals surface area (Å²) in [6, 6.07) is 6.11. The van der Waals surface area contributed by atoms with Gasteiger partial charge in [0.1, 0.15) is 17.3 Å². The van der Waals surface area contributed by atoms with Crippen LogP contribution >= 0.6 is 0 Å². The van der Waals surface area contributed by atoms with Gasteiger partial charge in [0.2, 0.25) is 0 Å². The van der Waals surface area contributed by atoms with E-state index in [1.54, 1.807) is 6.07 Å². The van der Waals surface area contributed by atoms with Crippen molar-refractivity contribution in [2.45, 2.75) is 23.9 Å². The lowest BCUT2D eigenvalue weighted by Crippen LogP contribution is -2.48. The van der Waals surface area contributed by atoms with Crippen LogP contribution in [0.2, 0.25) is 0 Å². The second kappa shape index (κ2) is 5.04. The minimum Gasteiger partial charge on any atom is -0.456 e. The Kier molecular flexibility index (Phi) is 3.26. The van der Waals surface area contributed by atoms with Crippen LogP contribution in [-0.2, 0) is 11.5 Å². The van der Waals surface area contributed by atoms with Crippen molar-refractivity contribution in [3.8, 4) is 17.6 Å². The van der Waals surface area contributed by atoms with Crippen LogP contribution in [0, 0.1) is 17.1 Å². The van der Waals surface area contributed by atoms with Gasteiger partial charge in [0.25, 0.3) is 0 Å². The number of halogens is 5. The number of carbonyl (C=O) groups excluding carboxylic acids is 1. The van der Waals surface area contributed by atoms with Crippen molar-refractivity contribution < 1.29 is 36.6 Å². The molecule has 0 aromatic heterocycles. The summed E-state index contributed by atoms with van der Waals surface area (Å²) in [5, 5.41) is 19.1. The van der Waals surface area contributed by atoms with Gasteiger partial charge in [-0.15, -0.1) is 0 Å². The molecule has 1 N–H and O–H groups in total. The van der Waals surface area contributed by atoms with Gasteiger partial charge in [0, 0.05) is 17.2 Å². The summed E-state index contributed by atoms with van der Waals surface area (Å²) in [7, 11) is 0. The number of alkyl halides is 4. The number of ketones is 1. The lowest BCUT2D eigenvalue weighted by Gasteiger charge is -2.29. The van der Waals surface area contributed by atoms with Crippen LogP contribution in [-0.4, -0.2) is 16.8 Å².